The van der Waals surface area contributed by atoms with Crippen LogP contribution in [0.2, 0.25) is 0 Å². The van der Waals surface area contributed by atoms with Crippen molar-refractivity contribution in [2.45, 2.75) is 49.5 Å². The average Bonchev–Trinajstić information content (AvgIpc) is 3.10. The lowest BCUT2D eigenvalue weighted by Gasteiger charge is -2.29. The van der Waals surface area contributed by atoms with E-state index in [9.17, 15) is 8.42 Å². The van der Waals surface area contributed by atoms with Gasteiger partial charge in [-0.1, -0.05) is 5.16 Å². The lowest BCUT2D eigenvalue weighted by molar-refractivity contribution is 0.292. The van der Waals surface area contributed by atoms with Gasteiger partial charge in [0, 0.05) is 24.9 Å². The largest absolute Gasteiger partial charge is 0.449 e. The van der Waals surface area contributed by atoms with Crippen LogP contribution in [0.4, 0.5) is 0 Å². The van der Waals surface area contributed by atoms with E-state index in [1.807, 2.05) is 0 Å². The molecule has 0 bridgehead atoms. The molecule has 1 saturated carbocycles. The first-order valence-electron chi connectivity index (χ1n) is 7.94. The molecule has 2 aromatic heterocycles. The third kappa shape index (κ3) is 2.81. The fourth-order valence-electron chi connectivity index (χ4n) is 2.96. The van der Waals surface area contributed by atoms with Gasteiger partial charge in [0.25, 0.3) is 10.0 Å². The van der Waals surface area contributed by atoms with Crippen LogP contribution >= 0.6 is 0 Å². The predicted octanol–water partition coefficient (Wildman–Crippen LogP) is 2.42. The summed E-state index contributed by atoms with van der Waals surface area (Å²) in [5.74, 6) is 2.30. The normalized spacial score (nSPS) is 23.3. The number of sulfonamides is 1. The van der Waals surface area contributed by atoms with E-state index in [0.717, 1.165) is 25.7 Å². The highest BCUT2D eigenvalue weighted by atomic mass is 32.2. The zero-order valence-electron chi connectivity index (χ0n) is 12.9. The Balaban J connectivity index is 1.54. The summed E-state index contributed by atoms with van der Waals surface area (Å²) in [6, 6.07) is 3.17. The van der Waals surface area contributed by atoms with Crippen LogP contribution in [0, 0.1) is 6.92 Å². The van der Waals surface area contributed by atoms with Gasteiger partial charge in [-0.25, -0.2) is 8.42 Å². The summed E-state index contributed by atoms with van der Waals surface area (Å²) in [6.45, 7) is 2.59. The molecule has 2 fully saturated rings. The zero-order chi connectivity index (χ0) is 16.0. The van der Waals surface area contributed by atoms with E-state index in [1.54, 1.807) is 13.0 Å². The molecule has 2 aliphatic rings. The average molecular weight is 337 g/mol. The van der Waals surface area contributed by atoms with Crippen LogP contribution in [-0.2, 0) is 10.0 Å². The summed E-state index contributed by atoms with van der Waals surface area (Å²) in [6.07, 6.45) is 3.85. The first kappa shape index (κ1) is 14.9. The van der Waals surface area contributed by atoms with Crippen molar-refractivity contribution in [3.8, 4) is 0 Å². The van der Waals surface area contributed by atoms with E-state index >= 15 is 0 Å². The number of nitrogens with zero attached hydrogens (tertiary/aromatic N) is 3. The van der Waals surface area contributed by atoms with Gasteiger partial charge in [0.15, 0.2) is 5.82 Å². The Morgan fingerprint density at radius 3 is 2.74 bits per heavy atom. The maximum atomic E-state index is 12.7. The topological polar surface area (TPSA) is 89.4 Å². The molecule has 1 aliphatic heterocycles. The Morgan fingerprint density at radius 1 is 1.22 bits per heavy atom. The molecule has 7 nitrogen and oxygen atoms in total. The van der Waals surface area contributed by atoms with Crippen molar-refractivity contribution < 1.29 is 17.4 Å². The molecule has 8 heteroatoms. The third-order valence-corrected chi connectivity index (χ3v) is 6.18. The number of furan rings is 1. The van der Waals surface area contributed by atoms with Crippen LogP contribution in [0.15, 0.2) is 26.2 Å². The maximum Gasteiger partial charge on any atom is 0.276 e. The molecule has 1 aliphatic carbocycles. The lowest BCUT2D eigenvalue weighted by Crippen LogP contribution is -2.39. The van der Waals surface area contributed by atoms with E-state index < -0.39 is 10.0 Å². The van der Waals surface area contributed by atoms with Crippen molar-refractivity contribution in [1.82, 2.24) is 14.4 Å². The Hall–Kier alpha value is -1.67. The maximum absolute atomic E-state index is 12.7. The number of rotatable bonds is 4. The summed E-state index contributed by atoms with van der Waals surface area (Å²) in [7, 11) is -3.60. The molecule has 0 aromatic carbocycles. The molecule has 1 saturated heterocycles. The molecular formula is C15H19N3O4S. The lowest BCUT2D eigenvalue weighted by atomic mass is 9.99. The molecule has 23 heavy (non-hydrogen) atoms. The highest BCUT2D eigenvalue weighted by Gasteiger charge is 2.36. The minimum atomic E-state index is -3.60. The second-order valence-electron chi connectivity index (χ2n) is 6.33. The standard InChI is InChI=1S/C15H19N3O4S/c1-10-4-7-13(21-10)23(19,20)18-8-2-3-12(9-18)14-16-15(22-17-14)11-5-6-11/h4,7,11-12H,2-3,5-6,8-9H2,1H3. The van der Waals surface area contributed by atoms with Crippen molar-refractivity contribution in [2.75, 3.05) is 13.1 Å². The molecule has 1 unspecified atom stereocenters. The quantitative estimate of drug-likeness (QED) is 0.851. The zero-order valence-corrected chi connectivity index (χ0v) is 13.8. The summed E-state index contributed by atoms with van der Waals surface area (Å²) >= 11 is 0. The highest BCUT2D eigenvalue weighted by molar-refractivity contribution is 7.89. The molecule has 2 aromatic rings. The predicted molar refractivity (Wildman–Crippen MR) is 80.5 cm³/mol. The summed E-state index contributed by atoms with van der Waals surface area (Å²) in [5.41, 5.74) is 0. The van der Waals surface area contributed by atoms with E-state index in [1.165, 1.54) is 10.4 Å². The number of hydrogen-bond acceptors (Lipinski definition) is 6. The summed E-state index contributed by atoms with van der Waals surface area (Å²) < 4.78 is 37.4. The molecule has 0 amide bonds. The molecular weight excluding hydrogens is 318 g/mol. The van der Waals surface area contributed by atoms with Crippen LogP contribution in [-0.4, -0.2) is 36.0 Å². The van der Waals surface area contributed by atoms with Crippen molar-refractivity contribution in [3.63, 3.8) is 0 Å². The fourth-order valence-corrected chi connectivity index (χ4v) is 4.44. The van der Waals surface area contributed by atoms with Crippen LogP contribution in [0.25, 0.3) is 0 Å². The SMILES string of the molecule is Cc1ccc(S(=O)(=O)N2CCCC(c3noc(C4CC4)n3)C2)o1. The van der Waals surface area contributed by atoms with Crippen LogP contribution < -0.4 is 0 Å². The first-order valence-corrected chi connectivity index (χ1v) is 9.38. The number of aromatic nitrogens is 2. The van der Waals surface area contributed by atoms with Gasteiger partial charge in [-0.15, -0.1) is 0 Å². The Bertz CT molecular complexity index is 806. The van der Waals surface area contributed by atoms with Gasteiger partial charge in [-0.3, -0.25) is 0 Å². The Morgan fingerprint density at radius 2 is 2.04 bits per heavy atom. The third-order valence-electron chi connectivity index (χ3n) is 4.44. The summed E-state index contributed by atoms with van der Waals surface area (Å²) in [4.78, 5) is 4.47. The molecule has 0 spiro atoms. The van der Waals surface area contributed by atoms with Gasteiger partial charge in [-0.05, 0) is 44.7 Å². The van der Waals surface area contributed by atoms with E-state index in [2.05, 4.69) is 10.1 Å². The molecule has 0 N–H and O–H groups in total. The number of aryl methyl sites for hydroxylation is 1. The van der Waals surface area contributed by atoms with Gasteiger partial charge in [0.05, 0.1) is 0 Å². The molecule has 3 heterocycles. The highest BCUT2D eigenvalue weighted by Crippen LogP contribution is 2.39. The number of hydrogen-bond donors (Lipinski definition) is 0. The van der Waals surface area contributed by atoms with Gasteiger partial charge in [0.1, 0.15) is 5.76 Å². The van der Waals surface area contributed by atoms with Gasteiger partial charge in [-0.2, -0.15) is 9.29 Å². The van der Waals surface area contributed by atoms with Crippen molar-refractivity contribution in [3.05, 3.63) is 29.6 Å². The minimum Gasteiger partial charge on any atom is -0.449 e. The van der Waals surface area contributed by atoms with E-state index in [4.69, 9.17) is 8.94 Å². The van der Waals surface area contributed by atoms with Crippen molar-refractivity contribution in [1.29, 1.82) is 0 Å². The van der Waals surface area contributed by atoms with Crippen molar-refractivity contribution in [2.24, 2.45) is 0 Å². The van der Waals surface area contributed by atoms with E-state index in [-0.39, 0.29) is 11.0 Å². The molecule has 1 atom stereocenters. The minimum absolute atomic E-state index is 0.00225. The molecule has 124 valence electrons. The van der Waals surface area contributed by atoms with Crippen LogP contribution in [0.3, 0.4) is 0 Å². The van der Waals surface area contributed by atoms with Gasteiger partial charge >= 0.3 is 0 Å². The fraction of sp³-hybridized carbons (Fsp3) is 0.600. The van der Waals surface area contributed by atoms with Gasteiger partial charge in [0.2, 0.25) is 11.0 Å². The summed E-state index contributed by atoms with van der Waals surface area (Å²) in [5, 5.41) is 4.07. The monoisotopic (exact) mass is 337 g/mol. The van der Waals surface area contributed by atoms with E-state index in [0.29, 0.717) is 36.5 Å². The van der Waals surface area contributed by atoms with Crippen LogP contribution in [0.1, 0.15) is 55.0 Å². The smallest absolute Gasteiger partial charge is 0.276 e. The molecule has 0 radical (unpaired) electrons. The first-order chi connectivity index (χ1) is 11.0. The second kappa shape index (κ2) is 5.45. The van der Waals surface area contributed by atoms with Crippen molar-refractivity contribution >= 4 is 10.0 Å². The Kier molecular flexibility index (Phi) is 3.53. The molecule has 4 rings (SSSR count). The number of piperidine rings is 1. The van der Waals surface area contributed by atoms with Gasteiger partial charge < -0.3 is 8.94 Å². The van der Waals surface area contributed by atoms with Crippen LogP contribution in [0.5, 0.6) is 0 Å². The Labute approximate surface area is 134 Å². The second-order valence-corrected chi connectivity index (χ2v) is 8.20.